The number of rotatable bonds is 5. The third kappa shape index (κ3) is 5.04. The Morgan fingerprint density at radius 1 is 1.29 bits per heavy atom. The first-order valence-corrected chi connectivity index (χ1v) is 6.39. The van der Waals surface area contributed by atoms with Gasteiger partial charge in [0, 0.05) is 12.2 Å². The quantitative estimate of drug-likeness (QED) is 0.756. The summed E-state index contributed by atoms with van der Waals surface area (Å²) in [5, 5.41) is -0.157. The highest BCUT2D eigenvalue weighted by Crippen LogP contribution is 2.32. The van der Waals surface area contributed by atoms with Crippen LogP contribution in [0.4, 0.5) is 0 Å². The molecule has 0 aliphatic heterocycles. The van der Waals surface area contributed by atoms with Gasteiger partial charge in [0.05, 0.1) is 13.0 Å². The number of benzene rings is 1. The van der Waals surface area contributed by atoms with Crippen molar-refractivity contribution in [1.82, 2.24) is 0 Å². The highest BCUT2D eigenvalue weighted by molar-refractivity contribution is 8.13. The maximum atomic E-state index is 11.5. The van der Waals surface area contributed by atoms with Crippen molar-refractivity contribution >= 4 is 22.8 Å². The Morgan fingerprint density at radius 2 is 1.94 bits per heavy atom. The average Bonchev–Trinajstić information content (AvgIpc) is 2.29. The van der Waals surface area contributed by atoms with E-state index < -0.39 is 0 Å². The van der Waals surface area contributed by atoms with Gasteiger partial charge in [-0.3, -0.25) is 9.59 Å². The predicted molar refractivity (Wildman–Crippen MR) is 68.7 cm³/mol. The minimum absolute atomic E-state index is 0.00292. The summed E-state index contributed by atoms with van der Waals surface area (Å²) in [7, 11) is 0. The molecule has 0 saturated heterocycles. The molecule has 1 atom stereocenters. The van der Waals surface area contributed by atoms with Gasteiger partial charge >= 0.3 is 5.97 Å². The monoisotopic (exact) mass is 252 g/mol. The van der Waals surface area contributed by atoms with Gasteiger partial charge in [-0.05, 0) is 12.5 Å². The fraction of sp³-hybridized carbons (Fsp3) is 0.385. The summed E-state index contributed by atoms with van der Waals surface area (Å²) >= 11 is 1.17. The Morgan fingerprint density at radius 3 is 2.47 bits per heavy atom. The van der Waals surface area contributed by atoms with Crippen molar-refractivity contribution in [2.24, 2.45) is 0 Å². The molecule has 0 N–H and O–H groups in total. The smallest absolute Gasteiger partial charge is 0.307 e. The number of thioether (sulfide) groups is 1. The Kier molecular flexibility index (Phi) is 5.77. The summed E-state index contributed by atoms with van der Waals surface area (Å²) < 4.78 is 4.91. The van der Waals surface area contributed by atoms with Crippen LogP contribution in [0.15, 0.2) is 30.3 Å². The van der Waals surface area contributed by atoms with Crippen LogP contribution in [0.5, 0.6) is 0 Å². The van der Waals surface area contributed by atoms with E-state index in [1.165, 1.54) is 18.7 Å². The number of esters is 1. The van der Waals surface area contributed by atoms with Gasteiger partial charge < -0.3 is 4.74 Å². The lowest BCUT2D eigenvalue weighted by molar-refractivity contribution is -0.143. The summed E-state index contributed by atoms with van der Waals surface area (Å²) in [6, 6.07) is 9.53. The van der Waals surface area contributed by atoms with E-state index >= 15 is 0 Å². The van der Waals surface area contributed by atoms with Crippen LogP contribution in [-0.2, 0) is 14.3 Å². The highest BCUT2D eigenvalue weighted by atomic mass is 32.2. The van der Waals surface area contributed by atoms with E-state index in [2.05, 4.69) is 0 Å². The lowest BCUT2D eigenvalue weighted by Crippen LogP contribution is -2.09. The second-order valence-corrected chi connectivity index (χ2v) is 4.90. The van der Waals surface area contributed by atoms with Gasteiger partial charge in [-0.25, -0.2) is 0 Å². The molecule has 4 heteroatoms. The molecule has 1 aromatic rings. The molecule has 0 saturated carbocycles. The molecule has 0 aromatic heterocycles. The van der Waals surface area contributed by atoms with E-state index in [-0.39, 0.29) is 22.8 Å². The summed E-state index contributed by atoms with van der Waals surface area (Å²) in [6.45, 7) is 3.64. The van der Waals surface area contributed by atoms with Crippen LogP contribution in [0.25, 0.3) is 0 Å². The van der Waals surface area contributed by atoms with Crippen molar-refractivity contribution in [2.45, 2.75) is 25.5 Å². The average molecular weight is 252 g/mol. The molecular formula is C13H16O3S. The molecule has 0 spiro atoms. The fourth-order valence-corrected chi connectivity index (χ4v) is 2.38. The zero-order chi connectivity index (χ0) is 12.7. The molecule has 0 bridgehead atoms. The minimum atomic E-state index is -0.268. The van der Waals surface area contributed by atoms with Crippen LogP contribution in [0.2, 0.25) is 0 Å². The van der Waals surface area contributed by atoms with Crippen LogP contribution >= 0.6 is 11.8 Å². The third-order valence-corrected chi connectivity index (χ3v) is 3.19. The van der Waals surface area contributed by atoms with Crippen LogP contribution in [0.3, 0.4) is 0 Å². The summed E-state index contributed by atoms with van der Waals surface area (Å²) in [6.07, 6.45) is 0.224. The van der Waals surface area contributed by atoms with Crippen LogP contribution in [0, 0.1) is 0 Å². The Balaban J connectivity index is 2.74. The normalized spacial score (nSPS) is 11.9. The molecule has 0 radical (unpaired) electrons. The van der Waals surface area contributed by atoms with Crippen molar-refractivity contribution in [1.29, 1.82) is 0 Å². The van der Waals surface area contributed by atoms with Crippen molar-refractivity contribution < 1.29 is 14.3 Å². The second kappa shape index (κ2) is 7.12. The zero-order valence-corrected chi connectivity index (χ0v) is 10.8. The van der Waals surface area contributed by atoms with E-state index in [4.69, 9.17) is 4.74 Å². The van der Waals surface area contributed by atoms with Crippen LogP contribution in [0.1, 0.15) is 31.1 Å². The minimum Gasteiger partial charge on any atom is -0.466 e. The SMILES string of the molecule is CCOC(=O)CC(SC(C)=O)c1ccccc1. The molecule has 92 valence electrons. The molecule has 1 rings (SSSR count). The van der Waals surface area contributed by atoms with E-state index in [0.717, 1.165) is 5.56 Å². The molecule has 0 aliphatic rings. The van der Waals surface area contributed by atoms with Gasteiger partial charge in [-0.2, -0.15) is 0 Å². The van der Waals surface area contributed by atoms with Gasteiger partial charge in [0.2, 0.25) is 0 Å². The zero-order valence-electron chi connectivity index (χ0n) is 10.0. The van der Waals surface area contributed by atoms with Crippen LogP contribution < -0.4 is 0 Å². The number of carbonyl (C=O) groups excluding carboxylic acids is 2. The van der Waals surface area contributed by atoms with E-state index in [1.54, 1.807) is 6.92 Å². The molecule has 0 amide bonds. The molecular weight excluding hydrogens is 236 g/mol. The number of ether oxygens (including phenoxy) is 1. The topological polar surface area (TPSA) is 43.4 Å². The molecule has 0 aliphatic carbocycles. The first-order valence-electron chi connectivity index (χ1n) is 5.51. The largest absolute Gasteiger partial charge is 0.466 e. The van der Waals surface area contributed by atoms with Crippen molar-refractivity contribution in [3.63, 3.8) is 0 Å². The lowest BCUT2D eigenvalue weighted by atomic mass is 10.1. The number of hydrogen-bond donors (Lipinski definition) is 0. The van der Waals surface area contributed by atoms with Crippen LogP contribution in [-0.4, -0.2) is 17.7 Å². The molecule has 0 fully saturated rings. The first-order chi connectivity index (χ1) is 8.13. The van der Waals surface area contributed by atoms with E-state index in [1.807, 2.05) is 30.3 Å². The van der Waals surface area contributed by atoms with Gasteiger partial charge in [-0.1, -0.05) is 42.1 Å². The Labute approximate surface area is 106 Å². The van der Waals surface area contributed by atoms with Gasteiger partial charge in [0.25, 0.3) is 0 Å². The summed E-state index contributed by atoms with van der Waals surface area (Å²) in [5.74, 6) is -0.268. The second-order valence-electron chi connectivity index (χ2n) is 3.52. The van der Waals surface area contributed by atoms with Crippen molar-refractivity contribution in [3.05, 3.63) is 35.9 Å². The first kappa shape index (κ1) is 13.8. The summed E-state index contributed by atoms with van der Waals surface area (Å²) in [5.41, 5.74) is 0.973. The highest BCUT2D eigenvalue weighted by Gasteiger charge is 2.19. The van der Waals surface area contributed by atoms with Gasteiger partial charge in [-0.15, -0.1) is 0 Å². The molecule has 3 nitrogen and oxygen atoms in total. The van der Waals surface area contributed by atoms with E-state index in [0.29, 0.717) is 6.61 Å². The number of carbonyl (C=O) groups is 2. The Bertz CT molecular complexity index is 376. The molecule has 1 aromatic carbocycles. The standard InChI is InChI=1S/C13H16O3S/c1-3-16-13(15)9-12(17-10(2)14)11-7-5-4-6-8-11/h4-8,12H,3,9H2,1-2H3. The van der Waals surface area contributed by atoms with E-state index in [9.17, 15) is 9.59 Å². The van der Waals surface area contributed by atoms with Crippen molar-refractivity contribution in [2.75, 3.05) is 6.61 Å². The summed E-state index contributed by atoms with van der Waals surface area (Å²) in [4.78, 5) is 22.6. The predicted octanol–water partition coefficient (Wildman–Crippen LogP) is 2.96. The molecule has 17 heavy (non-hydrogen) atoms. The maximum Gasteiger partial charge on any atom is 0.307 e. The van der Waals surface area contributed by atoms with Gasteiger partial charge in [0.15, 0.2) is 5.12 Å². The third-order valence-electron chi connectivity index (χ3n) is 2.14. The molecule has 1 unspecified atom stereocenters. The maximum absolute atomic E-state index is 11.5. The van der Waals surface area contributed by atoms with Gasteiger partial charge in [0.1, 0.15) is 0 Å². The van der Waals surface area contributed by atoms with Crippen molar-refractivity contribution in [3.8, 4) is 0 Å². The number of hydrogen-bond acceptors (Lipinski definition) is 4. The Hall–Kier alpha value is -1.29. The fourth-order valence-electron chi connectivity index (χ4n) is 1.47. The lowest BCUT2D eigenvalue weighted by Gasteiger charge is -2.14. The molecule has 0 heterocycles.